The Morgan fingerprint density at radius 3 is 2.69 bits per heavy atom. The van der Waals surface area contributed by atoms with Crippen molar-refractivity contribution >= 4 is 35.5 Å². The number of anilines is 2. The molecule has 0 saturated carbocycles. The summed E-state index contributed by atoms with van der Waals surface area (Å²) in [6, 6.07) is 17.7. The number of hydrogen-bond donors (Lipinski definition) is 3. The number of carbonyl (C=O) groups is 1. The molecule has 2 aromatic carbocycles. The molecule has 0 bridgehead atoms. The largest absolute Gasteiger partial charge is 0.325 e. The van der Waals surface area contributed by atoms with E-state index in [2.05, 4.69) is 57.0 Å². The van der Waals surface area contributed by atoms with Crippen molar-refractivity contribution in [3.8, 4) is 0 Å². The normalized spacial score (nSPS) is 12.1. The predicted molar refractivity (Wildman–Crippen MR) is 119 cm³/mol. The van der Waals surface area contributed by atoms with Gasteiger partial charge in [0, 0.05) is 5.69 Å². The average Bonchev–Trinajstić information content (AvgIpc) is 3.21. The van der Waals surface area contributed by atoms with Gasteiger partial charge in [-0.2, -0.15) is 10.1 Å². The van der Waals surface area contributed by atoms with Crippen LogP contribution in [0.3, 0.4) is 0 Å². The molecule has 0 unspecified atom stereocenters. The number of H-pyrrole nitrogens is 1. The van der Waals surface area contributed by atoms with E-state index in [0.717, 1.165) is 17.7 Å². The zero-order chi connectivity index (χ0) is 20.5. The summed E-state index contributed by atoms with van der Waals surface area (Å²) in [5.41, 5.74) is 5.82. The van der Waals surface area contributed by atoms with Crippen molar-refractivity contribution in [1.29, 1.82) is 0 Å². The highest BCUT2D eigenvalue weighted by Gasteiger charge is 2.09. The Hall–Kier alpha value is -3.13. The van der Waals surface area contributed by atoms with Crippen LogP contribution in [0.1, 0.15) is 37.3 Å². The molecule has 3 aromatic rings. The van der Waals surface area contributed by atoms with Gasteiger partial charge in [0.15, 0.2) is 0 Å². The second kappa shape index (κ2) is 10.4. The third-order valence-corrected chi connectivity index (χ3v) is 5.20. The summed E-state index contributed by atoms with van der Waals surface area (Å²) in [5, 5.41) is 14.3. The SMILES string of the molecule is CC[C@@H](C)c1ccc(NC(=O)CSc2n[nH]c(N/N=C\c3ccccc3)n2)cc1. The Morgan fingerprint density at radius 1 is 1.21 bits per heavy atom. The molecule has 150 valence electrons. The van der Waals surface area contributed by atoms with Gasteiger partial charge in [0.2, 0.25) is 17.0 Å². The minimum Gasteiger partial charge on any atom is -0.325 e. The molecular weight excluding hydrogens is 384 g/mol. The predicted octanol–water partition coefficient (Wildman–Crippen LogP) is 4.50. The molecule has 0 aliphatic carbocycles. The van der Waals surface area contributed by atoms with Crippen molar-refractivity contribution in [2.24, 2.45) is 5.10 Å². The molecular formula is C21H24N6OS. The number of thioether (sulfide) groups is 1. The van der Waals surface area contributed by atoms with E-state index in [-0.39, 0.29) is 11.7 Å². The molecule has 3 rings (SSSR count). The van der Waals surface area contributed by atoms with E-state index in [1.54, 1.807) is 6.21 Å². The number of benzene rings is 2. The van der Waals surface area contributed by atoms with Gasteiger partial charge in [0.25, 0.3) is 0 Å². The number of hydrogen-bond acceptors (Lipinski definition) is 6. The Morgan fingerprint density at radius 2 is 1.97 bits per heavy atom. The second-order valence-corrected chi connectivity index (χ2v) is 7.46. The smallest absolute Gasteiger partial charge is 0.240 e. The molecule has 1 amide bonds. The van der Waals surface area contributed by atoms with E-state index < -0.39 is 0 Å². The Bertz CT molecular complexity index is 939. The maximum absolute atomic E-state index is 12.2. The lowest BCUT2D eigenvalue weighted by atomic mass is 9.99. The van der Waals surface area contributed by atoms with Crippen LogP contribution in [0.2, 0.25) is 0 Å². The first-order chi connectivity index (χ1) is 14.1. The van der Waals surface area contributed by atoms with Crippen molar-refractivity contribution in [1.82, 2.24) is 15.2 Å². The number of aromatic nitrogens is 3. The van der Waals surface area contributed by atoms with Crippen LogP contribution in [0, 0.1) is 0 Å². The van der Waals surface area contributed by atoms with E-state index in [1.807, 2.05) is 42.5 Å². The van der Waals surface area contributed by atoms with Gasteiger partial charge in [-0.05, 0) is 35.6 Å². The maximum Gasteiger partial charge on any atom is 0.240 e. The van der Waals surface area contributed by atoms with Crippen molar-refractivity contribution in [3.05, 3.63) is 65.7 Å². The highest BCUT2D eigenvalue weighted by molar-refractivity contribution is 7.99. The van der Waals surface area contributed by atoms with E-state index in [9.17, 15) is 4.79 Å². The molecule has 0 aliphatic heterocycles. The van der Waals surface area contributed by atoms with Gasteiger partial charge in [0.1, 0.15) is 0 Å². The van der Waals surface area contributed by atoms with Gasteiger partial charge in [-0.1, -0.05) is 68.1 Å². The first kappa shape index (κ1) is 20.6. The molecule has 7 nitrogen and oxygen atoms in total. The third-order valence-electron chi connectivity index (χ3n) is 4.36. The molecule has 1 heterocycles. The van der Waals surface area contributed by atoms with Gasteiger partial charge in [-0.15, -0.1) is 5.10 Å². The number of hydrazone groups is 1. The topological polar surface area (TPSA) is 95.1 Å². The van der Waals surface area contributed by atoms with Gasteiger partial charge in [-0.3, -0.25) is 4.79 Å². The van der Waals surface area contributed by atoms with Crippen molar-refractivity contribution in [2.75, 3.05) is 16.5 Å². The standard InChI is InChI=1S/C21H24N6OS/c1-3-15(2)17-9-11-18(12-10-17)23-19(28)14-29-21-24-20(26-27-21)25-22-13-16-7-5-4-6-8-16/h4-13,15H,3,14H2,1-2H3,(H,23,28)(H2,24,25,26,27)/b22-13-/t15-/m1/s1. The van der Waals surface area contributed by atoms with Crippen LogP contribution in [-0.4, -0.2) is 33.1 Å². The van der Waals surface area contributed by atoms with Crippen LogP contribution in [0.15, 0.2) is 64.9 Å². The summed E-state index contributed by atoms with van der Waals surface area (Å²) in [6.45, 7) is 4.36. The van der Waals surface area contributed by atoms with Crippen molar-refractivity contribution in [2.45, 2.75) is 31.3 Å². The summed E-state index contributed by atoms with van der Waals surface area (Å²) in [6.07, 6.45) is 2.78. The van der Waals surface area contributed by atoms with Gasteiger partial charge < -0.3 is 5.32 Å². The average molecular weight is 409 g/mol. The number of nitrogens with zero attached hydrogens (tertiary/aromatic N) is 3. The number of rotatable bonds is 9. The van der Waals surface area contributed by atoms with Crippen LogP contribution in [0.25, 0.3) is 0 Å². The summed E-state index contributed by atoms with van der Waals surface area (Å²) >= 11 is 1.25. The highest BCUT2D eigenvalue weighted by atomic mass is 32.2. The molecule has 0 aliphatic rings. The molecule has 1 aromatic heterocycles. The summed E-state index contributed by atoms with van der Waals surface area (Å²) in [7, 11) is 0. The van der Waals surface area contributed by atoms with Crippen LogP contribution < -0.4 is 10.7 Å². The highest BCUT2D eigenvalue weighted by Crippen LogP contribution is 2.21. The van der Waals surface area contributed by atoms with Gasteiger partial charge in [0.05, 0.1) is 12.0 Å². The quantitative estimate of drug-likeness (QED) is 0.275. The molecule has 0 fully saturated rings. The number of carbonyl (C=O) groups excluding carboxylic acids is 1. The van der Waals surface area contributed by atoms with E-state index >= 15 is 0 Å². The molecule has 29 heavy (non-hydrogen) atoms. The summed E-state index contributed by atoms with van der Waals surface area (Å²) in [4.78, 5) is 16.4. The van der Waals surface area contributed by atoms with Crippen LogP contribution in [0.5, 0.6) is 0 Å². The van der Waals surface area contributed by atoms with Crippen molar-refractivity contribution < 1.29 is 4.79 Å². The van der Waals surface area contributed by atoms with Crippen LogP contribution in [-0.2, 0) is 4.79 Å². The molecule has 8 heteroatoms. The van der Waals surface area contributed by atoms with E-state index in [1.165, 1.54) is 17.3 Å². The minimum atomic E-state index is -0.104. The molecule has 3 N–H and O–H groups in total. The fourth-order valence-electron chi connectivity index (χ4n) is 2.53. The first-order valence-corrected chi connectivity index (χ1v) is 10.4. The first-order valence-electron chi connectivity index (χ1n) is 9.43. The summed E-state index contributed by atoms with van der Waals surface area (Å²) in [5.74, 6) is 1.05. The molecule has 1 atom stereocenters. The fraction of sp³-hybridized carbons (Fsp3) is 0.238. The maximum atomic E-state index is 12.2. The number of nitrogens with one attached hydrogen (secondary N) is 3. The zero-order valence-electron chi connectivity index (χ0n) is 16.4. The van der Waals surface area contributed by atoms with Crippen LogP contribution >= 0.6 is 11.8 Å². The van der Waals surface area contributed by atoms with Crippen molar-refractivity contribution in [3.63, 3.8) is 0 Å². The lowest BCUT2D eigenvalue weighted by Crippen LogP contribution is -2.14. The Balaban J connectivity index is 1.44. The minimum absolute atomic E-state index is 0.104. The van der Waals surface area contributed by atoms with Crippen LogP contribution in [0.4, 0.5) is 11.6 Å². The lowest BCUT2D eigenvalue weighted by molar-refractivity contribution is -0.113. The van der Waals surface area contributed by atoms with Gasteiger partial charge in [-0.25, -0.2) is 10.5 Å². The number of aromatic amines is 1. The lowest BCUT2D eigenvalue weighted by Gasteiger charge is -2.10. The molecule has 0 radical (unpaired) electrons. The fourth-order valence-corrected chi connectivity index (χ4v) is 3.12. The van der Waals surface area contributed by atoms with E-state index in [0.29, 0.717) is 17.0 Å². The Labute approximate surface area is 174 Å². The second-order valence-electron chi connectivity index (χ2n) is 6.52. The monoisotopic (exact) mass is 408 g/mol. The zero-order valence-corrected chi connectivity index (χ0v) is 17.2. The van der Waals surface area contributed by atoms with Gasteiger partial charge >= 0.3 is 0 Å². The third kappa shape index (κ3) is 6.46. The number of amides is 1. The summed E-state index contributed by atoms with van der Waals surface area (Å²) < 4.78 is 0. The Kier molecular flexibility index (Phi) is 7.40. The molecule has 0 spiro atoms. The van der Waals surface area contributed by atoms with E-state index in [4.69, 9.17) is 0 Å². The molecule has 0 saturated heterocycles.